The summed E-state index contributed by atoms with van der Waals surface area (Å²) in [5.41, 5.74) is 2.14. The van der Waals surface area contributed by atoms with E-state index in [0.717, 1.165) is 25.0 Å². The molecule has 8 nitrogen and oxygen atoms in total. The predicted octanol–water partition coefficient (Wildman–Crippen LogP) is 3.40. The Bertz CT molecular complexity index is 917. The van der Waals surface area contributed by atoms with Crippen molar-refractivity contribution < 1.29 is 23.7 Å². The van der Waals surface area contributed by atoms with Gasteiger partial charge in [0.05, 0.1) is 39.7 Å². The summed E-state index contributed by atoms with van der Waals surface area (Å²) in [6.07, 6.45) is 2.01. The van der Waals surface area contributed by atoms with Crippen molar-refractivity contribution in [2.45, 2.75) is 25.9 Å². The van der Waals surface area contributed by atoms with Gasteiger partial charge in [-0.25, -0.2) is 4.99 Å². The van der Waals surface area contributed by atoms with Crippen molar-refractivity contribution in [3.8, 4) is 17.2 Å². The van der Waals surface area contributed by atoms with Gasteiger partial charge in [-0.15, -0.1) is 0 Å². The molecule has 0 radical (unpaired) electrons. The van der Waals surface area contributed by atoms with Gasteiger partial charge in [-0.2, -0.15) is 0 Å². The molecule has 0 aliphatic carbocycles. The molecule has 0 unspecified atom stereocenters. The number of hydrogen-bond donors (Lipinski definition) is 2. The fourth-order valence-corrected chi connectivity index (χ4v) is 3.26. The number of carbonyl (C=O) groups is 1. The fourth-order valence-electron chi connectivity index (χ4n) is 3.26. The second-order valence-electron chi connectivity index (χ2n) is 7.21. The molecule has 1 atom stereocenters. The number of anilines is 1. The van der Waals surface area contributed by atoms with Gasteiger partial charge < -0.3 is 24.3 Å². The molecular weight excluding hydrogens is 398 g/mol. The minimum atomic E-state index is -0.345. The largest absolute Gasteiger partial charge is 0.497 e. The van der Waals surface area contributed by atoms with E-state index in [1.54, 1.807) is 25.3 Å². The number of nitrogens with one attached hydrogen (secondary N) is 2. The lowest BCUT2D eigenvalue weighted by Gasteiger charge is -2.16. The third-order valence-electron chi connectivity index (χ3n) is 4.93. The first kappa shape index (κ1) is 22.4. The second-order valence-corrected chi connectivity index (χ2v) is 7.21. The van der Waals surface area contributed by atoms with Gasteiger partial charge in [-0.3, -0.25) is 10.1 Å². The molecule has 1 saturated heterocycles. The maximum absolute atomic E-state index is 13.0. The summed E-state index contributed by atoms with van der Waals surface area (Å²) in [6.45, 7) is 3.16. The Morgan fingerprint density at radius 3 is 2.45 bits per heavy atom. The van der Waals surface area contributed by atoms with Crippen LogP contribution in [0.5, 0.6) is 17.2 Å². The quantitative estimate of drug-likeness (QED) is 0.520. The van der Waals surface area contributed by atoms with Crippen molar-refractivity contribution in [3.05, 3.63) is 47.5 Å². The summed E-state index contributed by atoms with van der Waals surface area (Å²) >= 11 is 0. The van der Waals surface area contributed by atoms with E-state index in [4.69, 9.17) is 18.9 Å². The smallest absolute Gasteiger partial charge is 0.258 e. The highest BCUT2D eigenvalue weighted by atomic mass is 16.5. The number of carbonyl (C=O) groups excluding carboxylic acids is 1. The molecule has 0 saturated carbocycles. The van der Waals surface area contributed by atoms with Crippen LogP contribution in [-0.4, -0.2) is 52.5 Å². The van der Waals surface area contributed by atoms with E-state index in [0.29, 0.717) is 41.0 Å². The van der Waals surface area contributed by atoms with Gasteiger partial charge in [0, 0.05) is 18.2 Å². The molecule has 2 aromatic rings. The van der Waals surface area contributed by atoms with Crippen LogP contribution in [0, 0.1) is 6.92 Å². The van der Waals surface area contributed by atoms with Crippen LogP contribution < -0.4 is 24.8 Å². The molecule has 31 heavy (non-hydrogen) atoms. The first-order chi connectivity index (χ1) is 15.0. The van der Waals surface area contributed by atoms with Crippen molar-refractivity contribution in [1.29, 1.82) is 0 Å². The molecule has 3 rings (SSSR count). The molecule has 8 heteroatoms. The van der Waals surface area contributed by atoms with Gasteiger partial charge in [0.25, 0.3) is 5.91 Å². The fraction of sp³-hybridized carbons (Fsp3) is 0.391. The van der Waals surface area contributed by atoms with Gasteiger partial charge in [0.1, 0.15) is 17.2 Å². The first-order valence-corrected chi connectivity index (χ1v) is 10.1. The number of amides is 1. The lowest BCUT2D eigenvalue weighted by Crippen LogP contribution is -2.37. The Morgan fingerprint density at radius 2 is 1.84 bits per heavy atom. The number of aryl methyl sites for hydroxylation is 1. The monoisotopic (exact) mass is 427 g/mol. The average Bonchev–Trinajstić information content (AvgIpc) is 3.31. The molecular formula is C23H29N3O5. The maximum atomic E-state index is 13.0. The van der Waals surface area contributed by atoms with E-state index < -0.39 is 0 Å². The summed E-state index contributed by atoms with van der Waals surface area (Å²) in [6, 6.07) is 10.7. The zero-order chi connectivity index (χ0) is 22.2. The Hall–Kier alpha value is -3.26. The molecule has 2 N–H and O–H groups in total. The van der Waals surface area contributed by atoms with E-state index in [-0.39, 0.29) is 12.0 Å². The number of nitrogens with zero attached hydrogens (tertiary/aromatic N) is 1. The molecule has 0 bridgehead atoms. The van der Waals surface area contributed by atoms with Crippen molar-refractivity contribution in [2.24, 2.45) is 4.99 Å². The van der Waals surface area contributed by atoms with Crippen LogP contribution in [0.4, 0.5) is 5.69 Å². The summed E-state index contributed by atoms with van der Waals surface area (Å²) in [5.74, 6) is 1.66. The van der Waals surface area contributed by atoms with Gasteiger partial charge >= 0.3 is 0 Å². The Morgan fingerprint density at radius 1 is 1.10 bits per heavy atom. The molecule has 1 amide bonds. The predicted molar refractivity (Wildman–Crippen MR) is 120 cm³/mol. The average molecular weight is 428 g/mol. The van der Waals surface area contributed by atoms with E-state index in [9.17, 15) is 4.79 Å². The highest BCUT2D eigenvalue weighted by Crippen LogP contribution is 2.26. The van der Waals surface area contributed by atoms with E-state index in [2.05, 4.69) is 15.6 Å². The first-order valence-electron chi connectivity index (χ1n) is 10.1. The second kappa shape index (κ2) is 10.7. The Labute approximate surface area is 182 Å². The van der Waals surface area contributed by atoms with Gasteiger partial charge in [0.2, 0.25) is 5.96 Å². The number of ether oxygens (including phenoxy) is 4. The Balaban J connectivity index is 1.85. The molecule has 0 aromatic heterocycles. The summed E-state index contributed by atoms with van der Waals surface area (Å²) in [7, 11) is 4.67. The third-order valence-corrected chi connectivity index (χ3v) is 4.93. The standard InChI is InChI=1S/C23H29N3O5/c1-15-7-8-21(30-4)20(10-15)25-23(24-14-17-6-5-9-31-17)26-22(27)16-11-18(28-2)13-19(12-16)29-3/h7-8,10-13,17H,5-6,9,14H2,1-4H3,(H2,24,25,26,27)/t17-/m1/s1. The topological polar surface area (TPSA) is 90.4 Å². The van der Waals surface area contributed by atoms with Crippen LogP contribution in [-0.2, 0) is 4.74 Å². The van der Waals surface area contributed by atoms with Gasteiger partial charge in [0.15, 0.2) is 0 Å². The minimum absolute atomic E-state index is 0.0463. The van der Waals surface area contributed by atoms with Crippen molar-refractivity contribution in [1.82, 2.24) is 5.32 Å². The van der Waals surface area contributed by atoms with Crippen LogP contribution in [0.25, 0.3) is 0 Å². The van der Waals surface area contributed by atoms with E-state index in [1.807, 2.05) is 25.1 Å². The SMILES string of the molecule is COc1cc(OC)cc(C(=O)NC(=NC[C@H]2CCCO2)Nc2cc(C)ccc2OC)c1. The number of methoxy groups -OCH3 is 3. The van der Waals surface area contributed by atoms with Crippen LogP contribution in [0.2, 0.25) is 0 Å². The minimum Gasteiger partial charge on any atom is -0.497 e. The molecule has 1 aliphatic rings. The van der Waals surface area contributed by atoms with Crippen LogP contribution in [0.15, 0.2) is 41.4 Å². The summed E-state index contributed by atoms with van der Waals surface area (Å²) in [4.78, 5) is 17.6. The zero-order valence-corrected chi connectivity index (χ0v) is 18.4. The maximum Gasteiger partial charge on any atom is 0.258 e. The van der Waals surface area contributed by atoms with Crippen molar-refractivity contribution >= 4 is 17.6 Å². The van der Waals surface area contributed by atoms with E-state index in [1.165, 1.54) is 14.2 Å². The molecule has 1 heterocycles. The third kappa shape index (κ3) is 6.11. The van der Waals surface area contributed by atoms with Gasteiger partial charge in [-0.1, -0.05) is 6.07 Å². The van der Waals surface area contributed by atoms with Crippen molar-refractivity contribution in [2.75, 3.05) is 39.8 Å². The number of aliphatic imine (C=N–C) groups is 1. The molecule has 1 fully saturated rings. The molecule has 2 aromatic carbocycles. The summed E-state index contributed by atoms with van der Waals surface area (Å²) in [5, 5.41) is 6.05. The normalized spacial score (nSPS) is 16.0. The summed E-state index contributed by atoms with van der Waals surface area (Å²) < 4.78 is 21.6. The van der Waals surface area contributed by atoms with Crippen molar-refractivity contribution in [3.63, 3.8) is 0 Å². The highest BCUT2D eigenvalue weighted by molar-refractivity contribution is 6.10. The Kier molecular flexibility index (Phi) is 7.72. The van der Waals surface area contributed by atoms with Crippen LogP contribution in [0.1, 0.15) is 28.8 Å². The number of benzene rings is 2. The number of hydrogen-bond acceptors (Lipinski definition) is 6. The molecule has 0 spiro atoms. The molecule has 1 aliphatic heterocycles. The molecule has 166 valence electrons. The van der Waals surface area contributed by atoms with Crippen LogP contribution in [0.3, 0.4) is 0 Å². The van der Waals surface area contributed by atoms with Gasteiger partial charge in [-0.05, 0) is 49.6 Å². The van der Waals surface area contributed by atoms with E-state index >= 15 is 0 Å². The van der Waals surface area contributed by atoms with Crippen LogP contribution >= 0.6 is 0 Å². The number of guanidine groups is 1. The zero-order valence-electron chi connectivity index (χ0n) is 18.4. The lowest BCUT2D eigenvalue weighted by molar-refractivity contribution is 0.0975. The highest BCUT2D eigenvalue weighted by Gasteiger charge is 2.17. The number of rotatable bonds is 7. The lowest BCUT2D eigenvalue weighted by atomic mass is 10.2.